The number of rotatable bonds is 0. The van der Waals surface area contributed by atoms with Gasteiger partial charge in [0.2, 0.25) is 0 Å². The van der Waals surface area contributed by atoms with Crippen molar-refractivity contribution in [3.05, 3.63) is 0 Å². The average Bonchev–Trinajstić information content (AvgIpc) is 2.56. The minimum atomic E-state index is 0.345. The molecule has 0 heterocycles. The van der Waals surface area contributed by atoms with Crippen molar-refractivity contribution in [2.45, 2.75) is 48.2 Å². The average molecular weight is 296 g/mol. The lowest BCUT2D eigenvalue weighted by Crippen LogP contribution is -1.91. The van der Waals surface area contributed by atoms with Crippen LogP contribution < -0.4 is 0 Å². The molecular weight excluding hydrogens is 280 g/mol. The summed E-state index contributed by atoms with van der Waals surface area (Å²) in [4.78, 5) is 0. The summed E-state index contributed by atoms with van der Waals surface area (Å²) in [6.45, 7) is 0. The second kappa shape index (κ2) is 3.61. The van der Waals surface area contributed by atoms with Gasteiger partial charge in [-0.15, -0.1) is 0 Å². The van der Waals surface area contributed by atoms with Crippen LogP contribution in [0.2, 0.25) is 0 Å². The minimum Gasteiger partial charge on any atom is -0.0721 e. The molecule has 70 valence electrons. The third-order valence-electron chi connectivity index (χ3n) is 3.40. The normalized spacial score (nSPS) is 40.5. The molecule has 0 aromatic heterocycles. The Labute approximate surface area is 91.7 Å². The zero-order valence-corrected chi connectivity index (χ0v) is 10.5. The Morgan fingerprint density at radius 1 is 0.750 bits per heavy atom. The Morgan fingerprint density at radius 2 is 1.17 bits per heavy atom. The highest BCUT2D eigenvalue weighted by Crippen LogP contribution is 2.65. The van der Waals surface area contributed by atoms with Crippen LogP contribution in [0.3, 0.4) is 0 Å². The Balaban J connectivity index is 1.91. The number of alkyl halides is 2. The lowest BCUT2D eigenvalue weighted by Gasteiger charge is -2.02. The second-order valence-corrected chi connectivity index (χ2v) is 7.92. The van der Waals surface area contributed by atoms with Gasteiger partial charge in [-0.1, -0.05) is 64.0 Å². The summed E-state index contributed by atoms with van der Waals surface area (Å²) in [6.07, 6.45) is 10.1. The van der Waals surface area contributed by atoms with Crippen molar-refractivity contribution in [2.75, 3.05) is 0 Å². The fourth-order valence-electron chi connectivity index (χ4n) is 2.51. The predicted molar refractivity (Wildman–Crippen MR) is 59.9 cm³/mol. The first-order valence-electron chi connectivity index (χ1n) is 5.11. The van der Waals surface area contributed by atoms with Crippen LogP contribution in [0.1, 0.15) is 44.9 Å². The summed E-state index contributed by atoms with van der Waals surface area (Å²) in [6, 6.07) is 0. The highest BCUT2D eigenvalue weighted by atomic mass is 79.9. The van der Waals surface area contributed by atoms with E-state index in [4.69, 9.17) is 0 Å². The van der Waals surface area contributed by atoms with Crippen LogP contribution in [0.25, 0.3) is 0 Å². The maximum Gasteiger partial charge on any atom is 0.0868 e. The van der Waals surface area contributed by atoms with Crippen LogP contribution in [-0.2, 0) is 0 Å². The molecule has 0 bridgehead atoms. The maximum atomic E-state index is 3.79. The van der Waals surface area contributed by atoms with Gasteiger partial charge in [-0.05, 0) is 24.7 Å². The zero-order chi connectivity index (χ0) is 8.60. The third kappa shape index (κ3) is 1.75. The highest BCUT2D eigenvalue weighted by Gasteiger charge is 2.60. The first-order valence-corrected chi connectivity index (χ1v) is 6.69. The summed E-state index contributed by atoms with van der Waals surface area (Å²) in [7, 11) is 0. The Hall–Kier alpha value is 0.960. The number of halogens is 2. The van der Waals surface area contributed by atoms with Crippen molar-refractivity contribution < 1.29 is 0 Å². The van der Waals surface area contributed by atoms with E-state index in [1.165, 1.54) is 44.9 Å². The lowest BCUT2D eigenvalue weighted by molar-refractivity contribution is 0.593. The summed E-state index contributed by atoms with van der Waals surface area (Å²) in [5.74, 6) is 1.85. The van der Waals surface area contributed by atoms with Gasteiger partial charge in [0.15, 0.2) is 0 Å². The molecule has 0 amide bonds. The summed E-state index contributed by atoms with van der Waals surface area (Å²) < 4.78 is 0.345. The Bertz CT molecular complexity index is 149. The van der Waals surface area contributed by atoms with Gasteiger partial charge in [-0.3, -0.25) is 0 Å². The van der Waals surface area contributed by atoms with Crippen LogP contribution in [0, 0.1) is 11.8 Å². The quantitative estimate of drug-likeness (QED) is 0.579. The topological polar surface area (TPSA) is 0 Å². The van der Waals surface area contributed by atoms with E-state index >= 15 is 0 Å². The van der Waals surface area contributed by atoms with Gasteiger partial charge in [0.1, 0.15) is 0 Å². The molecule has 2 atom stereocenters. The number of fused-ring (bicyclic) bond motifs is 1. The van der Waals surface area contributed by atoms with Crippen molar-refractivity contribution >= 4 is 31.9 Å². The van der Waals surface area contributed by atoms with E-state index in [1.807, 2.05) is 0 Å². The smallest absolute Gasteiger partial charge is 0.0721 e. The van der Waals surface area contributed by atoms with Gasteiger partial charge in [-0.2, -0.15) is 0 Å². The van der Waals surface area contributed by atoms with Crippen molar-refractivity contribution in [1.82, 2.24) is 0 Å². The van der Waals surface area contributed by atoms with E-state index in [2.05, 4.69) is 31.9 Å². The maximum absolute atomic E-state index is 3.79. The van der Waals surface area contributed by atoms with Crippen LogP contribution >= 0.6 is 31.9 Å². The molecule has 2 aliphatic rings. The molecule has 0 aromatic carbocycles. The van der Waals surface area contributed by atoms with Gasteiger partial charge < -0.3 is 0 Å². The Morgan fingerprint density at radius 3 is 1.67 bits per heavy atom. The van der Waals surface area contributed by atoms with E-state index in [0.717, 1.165) is 11.8 Å². The minimum absolute atomic E-state index is 0.345. The molecule has 2 fully saturated rings. The molecule has 0 spiro atoms. The molecule has 0 aromatic rings. The van der Waals surface area contributed by atoms with Gasteiger partial charge in [0.25, 0.3) is 0 Å². The zero-order valence-electron chi connectivity index (χ0n) is 7.36. The lowest BCUT2D eigenvalue weighted by atomic mass is 10.1. The second-order valence-electron chi connectivity index (χ2n) is 4.23. The molecule has 0 saturated heterocycles. The summed E-state index contributed by atoms with van der Waals surface area (Å²) in [5.41, 5.74) is 0. The molecule has 0 aliphatic heterocycles. The van der Waals surface area contributed by atoms with Gasteiger partial charge in [0.05, 0.1) is 3.23 Å². The monoisotopic (exact) mass is 294 g/mol. The van der Waals surface area contributed by atoms with Crippen LogP contribution in [0.4, 0.5) is 0 Å². The van der Waals surface area contributed by atoms with Crippen molar-refractivity contribution in [3.63, 3.8) is 0 Å². The van der Waals surface area contributed by atoms with Crippen molar-refractivity contribution in [1.29, 1.82) is 0 Å². The van der Waals surface area contributed by atoms with E-state index in [-0.39, 0.29) is 0 Å². The van der Waals surface area contributed by atoms with Crippen LogP contribution in [-0.4, -0.2) is 3.23 Å². The van der Waals surface area contributed by atoms with Crippen molar-refractivity contribution in [3.8, 4) is 0 Å². The Kier molecular flexibility index (Phi) is 2.86. The molecule has 2 aliphatic carbocycles. The molecular formula is C10H16Br2. The molecule has 2 rings (SSSR count). The molecule has 2 saturated carbocycles. The fraction of sp³-hybridized carbons (Fsp3) is 1.00. The molecule has 2 heteroatoms. The molecule has 0 unspecified atom stereocenters. The number of hydrogen-bond donors (Lipinski definition) is 0. The first-order chi connectivity index (χ1) is 5.73. The van der Waals surface area contributed by atoms with E-state index in [1.54, 1.807) is 0 Å². The summed E-state index contributed by atoms with van der Waals surface area (Å²) in [5, 5.41) is 0. The molecule has 0 nitrogen and oxygen atoms in total. The standard InChI is InChI=1S/C10H16Br2/c11-10(12)8-6-4-2-1-3-5-7-9(8)10/h8-9H,1-7H2/t8-,9-/m0/s1. The third-order valence-corrected chi connectivity index (χ3v) is 5.75. The molecule has 0 N–H and O–H groups in total. The summed E-state index contributed by atoms with van der Waals surface area (Å²) >= 11 is 7.58. The molecule has 0 radical (unpaired) electrons. The SMILES string of the molecule is BrC1(Br)[C@H]2CCCCCCC[C@@H]21. The first kappa shape index (κ1) is 9.51. The predicted octanol–water partition coefficient (Wildman–Crippen LogP) is 4.46. The largest absolute Gasteiger partial charge is 0.0868 e. The van der Waals surface area contributed by atoms with Gasteiger partial charge in [0, 0.05) is 0 Å². The number of hydrogen-bond acceptors (Lipinski definition) is 0. The van der Waals surface area contributed by atoms with E-state index in [0.29, 0.717) is 3.23 Å². The van der Waals surface area contributed by atoms with Gasteiger partial charge in [-0.25, -0.2) is 0 Å². The van der Waals surface area contributed by atoms with E-state index < -0.39 is 0 Å². The highest BCUT2D eigenvalue weighted by molar-refractivity contribution is 9.25. The molecule has 12 heavy (non-hydrogen) atoms. The van der Waals surface area contributed by atoms with Crippen LogP contribution in [0.5, 0.6) is 0 Å². The fourth-order valence-corrected chi connectivity index (χ4v) is 4.43. The van der Waals surface area contributed by atoms with Crippen molar-refractivity contribution in [2.24, 2.45) is 11.8 Å². The van der Waals surface area contributed by atoms with Gasteiger partial charge >= 0.3 is 0 Å². The van der Waals surface area contributed by atoms with Crippen LogP contribution in [0.15, 0.2) is 0 Å². The van der Waals surface area contributed by atoms with E-state index in [9.17, 15) is 0 Å².